The van der Waals surface area contributed by atoms with Crippen molar-refractivity contribution in [1.29, 1.82) is 0 Å². The zero-order chi connectivity index (χ0) is 11.7. The van der Waals surface area contributed by atoms with Crippen molar-refractivity contribution in [2.24, 2.45) is 5.92 Å². The fraction of sp³-hybridized carbons (Fsp3) is 0.615. The summed E-state index contributed by atoms with van der Waals surface area (Å²) in [6.45, 7) is 12.5. The van der Waals surface area contributed by atoms with Gasteiger partial charge in [-0.25, -0.2) is 0 Å². The van der Waals surface area contributed by atoms with E-state index >= 15 is 0 Å². The first-order chi connectivity index (χ1) is 7.07. The molecule has 0 aromatic rings. The maximum absolute atomic E-state index is 11.1. The SMILES string of the molecule is C=CCC(=O)NCCCC[C@H](C)C(=C)C. The molecular weight excluding hydrogens is 186 g/mol. The van der Waals surface area contributed by atoms with Gasteiger partial charge in [-0.3, -0.25) is 4.79 Å². The smallest absolute Gasteiger partial charge is 0.223 e. The van der Waals surface area contributed by atoms with Crippen LogP contribution in [0.25, 0.3) is 0 Å². The minimum Gasteiger partial charge on any atom is -0.356 e. The lowest BCUT2D eigenvalue weighted by molar-refractivity contribution is -0.120. The Labute approximate surface area is 93.5 Å². The molecule has 1 N–H and O–H groups in total. The molecule has 15 heavy (non-hydrogen) atoms. The van der Waals surface area contributed by atoms with Crippen LogP contribution in [0.2, 0.25) is 0 Å². The number of carbonyl (C=O) groups excluding carboxylic acids is 1. The largest absolute Gasteiger partial charge is 0.356 e. The third kappa shape index (κ3) is 7.98. The summed E-state index contributed by atoms with van der Waals surface area (Å²) >= 11 is 0. The second-order valence-electron chi connectivity index (χ2n) is 4.09. The molecule has 1 amide bonds. The maximum Gasteiger partial charge on any atom is 0.223 e. The quantitative estimate of drug-likeness (QED) is 0.483. The standard InChI is InChI=1S/C13H23NO/c1-5-8-13(15)14-10-7-6-9-12(4)11(2)3/h5,12H,1-2,6-10H2,3-4H3,(H,14,15)/t12-/m0/s1. The third-order valence-corrected chi connectivity index (χ3v) is 2.56. The van der Waals surface area contributed by atoms with Crippen LogP contribution in [-0.4, -0.2) is 12.5 Å². The Kier molecular flexibility index (Phi) is 7.69. The zero-order valence-electron chi connectivity index (χ0n) is 10.0. The van der Waals surface area contributed by atoms with Crippen LogP contribution >= 0.6 is 0 Å². The first-order valence-corrected chi connectivity index (χ1v) is 5.61. The van der Waals surface area contributed by atoms with Crippen LogP contribution in [0, 0.1) is 5.92 Å². The molecule has 0 saturated carbocycles. The highest BCUT2D eigenvalue weighted by atomic mass is 16.1. The Balaban J connectivity index is 3.35. The van der Waals surface area contributed by atoms with Crippen molar-refractivity contribution in [2.75, 3.05) is 6.54 Å². The van der Waals surface area contributed by atoms with Gasteiger partial charge in [-0.1, -0.05) is 31.6 Å². The molecule has 0 aliphatic heterocycles. The van der Waals surface area contributed by atoms with Crippen molar-refractivity contribution in [3.63, 3.8) is 0 Å². The van der Waals surface area contributed by atoms with Gasteiger partial charge in [0, 0.05) is 13.0 Å². The van der Waals surface area contributed by atoms with Gasteiger partial charge in [0.2, 0.25) is 5.91 Å². The van der Waals surface area contributed by atoms with Crippen LogP contribution in [0.5, 0.6) is 0 Å². The number of amides is 1. The van der Waals surface area contributed by atoms with Gasteiger partial charge in [0.25, 0.3) is 0 Å². The molecule has 0 aliphatic rings. The van der Waals surface area contributed by atoms with Crippen molar-refractivity contribution in [1.82, 2.24) is 5.32 Å². The highest BCUT2D eigenvalue weighted by Gasteiger charge is 2.02. The molecular formula is C13H23NO. The molecule has 2 nitrogen and oxygen atoms in total. The minimum atomic E-state index is 0.0675. The number of hydrogen-bond acceptors (Lipinski definition) is 1. The Morgan fingerprint density at radius 2 is 2.13 bits per heavy atom. The first kappa shape index (κ1) is 13.9. The average molecular weight is 209 g/mol. The Morgan fingerprint density at radius 1 is 1.47 bits per heavy atom. The first-order valence-electron chi connectivity index (χ1n) is 5.61. The van der Waals surface area contributed by atoms with E-state index in [0.29, 0.717) is 12.3 Å². The van der Waals surface area contributed by atoms with Gasteiger partial charge >= 0.3 is 0 Å². The summed E-state index contributed by atoms with van der Waals surface area (Å²) in [4.78, 5) is 11.1. The number of unbranched alkanes of at least 4 members (excludes halogenated alkanes) is 1. The predicted molar refractivity (Wildman–Crippen MR) is 65.7 cm³/mol. The summed E-state index contributed by atoms with van der Waals surface area (Å²) in [5, 5.41) is 2.85. The number of rotatable bonds is 8. The summed E-state index contributed by atoms with van der Waals surface area (Å²) in [7, 11) is 0. The summed E-state index contributed by atoms with van der Waals surface area (Å²) in [5.41, 5.74) is 1.24. The van der Waals surface area contributed by atoms with E-state index in [1.807, 2.05) is 0 Å². The summed E-state index contributed by atoms with van der Waals surface area (Å²) < 4.78 is 0. The molecule has 0 unspecified atom stereocenters. The fourth-order valence-corrected chi connectivity index (χ4v) is 1.25. The number of hydrogen-bond donors (Lipinski definition) is 1. The van der Waals surface area contributed by atoms with Gasteiger partial charge in [-0.15, -0.1) is 6.58 Å². The van der Waals surface area contributed by atoms with Gasteiger partial charge < -0.3 is 5.32 Å². The molecule has 0 aromatic carbocycles. The topological polar surface area (TPSA) is 29.1 Å². The Bertz CT molecular complexity index is 221. The molecule has 0 aliphatic carbocycles. The van der Waals surface area contributed by atoms with Crippen LogP contribution in [0.3, 0.4) is 0 Å². The van der Waals surface area contributed by atoms with Crippen LogP contribution in [-0.2, 0) is 4.79 Å². The summed E-state index contributed by atoms with van der Waals surface area (Å²) in [5.74, 6) is 0.659. The molecule has 0 fully saturated rings. The molecule has 0 radical (unpaired) electrons. The molecule has 0 saturated heterocycles. The van der Waals surface area contributed by atoms with E-state index in [1.54, 1.807) is 6.08 Å². The van der Waals surface area contributed by atoms with Gasteiger partial charge in [-0.05, 0) is 25.7 Å². The number of carbonyl (C=O) groups is 1. The molecule has 0 aromatic heterocycles. The highest BCUT2D eigenvalue weighted by molar-refractivity contribution is 5.77. The monoisotopic (exact) mass is 209 g/mol. The van der Waals surface area contributed by atoms with E-state index in [2.05, 4.69) is 32.3 Å². The van der Waals surface area contributed by atoms with E-state index < -0.39 is 0 Å². The second kappa shape index (κ2) is 8.27. The number of nitrogens with one attached hydrogen (secondary N) is 1. The van der Waals surface area contributed by atoms with Crippen LogP contribution in [0.15, 0.2) is 24.8 Å². The van der Waals surface area contributed by atoms with Crippen molar-refractivity contribution in [3.8, 4) is 0 Å². The lowest BCUT2D eigenvalue weighted by Gasteiger charge is -2.10. The van der Waals surface area contributed by atoms with Crippen molar-refractivity contribution in [2.45, 2.75) is 39.5 Å². The summed E-state index contributed by atoms with van der Waals surface area (Å²) in [6, 6.07) is 0. The average Bonchev–Trinajstić information content (AvgIpc) is 2.17. The zero-order valence-corrected chi connectivity index (χ0v) is 10.0. The predicted octanol–water partition coefficient (Wildman–Crippen LogP) is 3.06. The van der Waals surface area contributed by atoms with Crippen molar-refractivity contribution < 1.29 is 4.79 Å². The van der Waals surface area contributed by atoms with Crippen LogP contribution in [0.1, 0.15) is 39.5 Å². The van der Waals surface area contributed by atoms with Crippen LogP contribution < -0.4 is 5.32 Å². The Hall–Kier alpha value is -1.05. The Morgan fingerprint density at radius 3 is 2.67 bits per heavy atom. The van der Waals surface area contributed by atoms with E-state index in [1.165, 1.54) is 5.57 Å². The van der Waals surface area contributed by atoms with Gasteiger partial charge in [0.1, 0.15) is 0 Å². The molecule has 0 bridgehead atoms. The molecule has 2 heteroatoms. The molecule has 86 valence electrons. The third-order valence-electron chi connectivity index (χ3n) is 2.56. The number of allylic oxidation sites excluding steroid dienone is 1. The highest BCUT2D eigenvalue weighted by Crippen LogP contribution is 2.14. The van der Waals surface area contributed by atoms with E-state index in [0.717, 1.165) is 25.8 Å². The molecule has 1 atom stereocenters. The normalized spacial score (nSPS) is 11.9. The lowest BCUT2D eigenvalue weighted by atomic mass is 9.98. The minimum absolute atomic E-state index is 0.0675. The van der Waals surface area contributed by atoms with E-state index in [-0.39, 0.29) is 5.91 Å². The summed E-state index contributed by atoms with van der Waals surface area (Å²) in [6.07, 6.45) is 5.39. The molecule has 0 heterocycles. The van der Waals surface area contributed by atoms with Crippen molar-refractivity contribution >= 4 is 5.91 Å². The van der Waals surface area contributed by atoms with Crippen molar-refractivity contribution in [3.05, 3.63) is 24.8 Å². The van der Waals surface area contributed by atoms with Gasteiger partial charge in [0.15, 0.2) is 0 Å². The lowest BCUT2D eigenvalue weighted by Crippen LogP contribution is -2.23. The second-order valence-corrected chi connectivity index (χ2v) is 4.09. The maximum atomic E-state index is 11.1. The molecule has 0 spiro atoms. The van der Waals surface area contributed by atoms with E-state index in [4.69, 9.17) is 0 Å². The van der Waals surface area contributed by atoms with Crippen LogP contribution in [0.4, 0.5) is 0 Å². The van der Waals surface area contributed by atoms with E-state index in [9.17, 15) is 4.79 Å². The molecule has 0 rings (SSSR count). The van der Waals surface area contributed by atoms with Gasteiger partial charge in [-0.2, -0.15) is 0 Å². The fourth-order valence-electron chi connectivity index (χ4n) is 1.25. The van der Waals surface area contributed by atoms with Gasteiger partial charge in [0.05, 0.1) is 0 Å².